The fourth-order valence-corrected chi connectivity index (χ4v) is 0.951. The molecule has 0 amide bonds. The average molecular weight is 144 g/mol. The topological polar surface area (TPSA) is 59.1 Å². The van der Waals surface area contributed by atoms with Crippen LogP contribution in [0.5, 0.6) is 0 Å². The molecule has 0 saturated heterocycles. The first-order valence-electron chi connectivity index (χ1n) is 3.51. The molecule has 0 heterocycles. The average Bonchev–Trinajstić information content (AvgIpc) is 1.59. The lowest BCUT2D eigenvalue weighted by molar-refractivity contribution is 0.0813. The number of hydrogen-bond donors (Lipinski definition) is 2. The van der Waals surface area contributed by atoms with Gasteiger partial charge in [0.25, 0.3) is 6.02 Å². The van der Waals surface area contributed by atoms with E-state index in [0.717, 1.165) is 12.8 Å². The maximum absolute atomic E-state index is 6.88. The van der Waals surface area contributed by atoms with Gasteiger partial charge in [-0.1, -0.05) is 13.3 Å². The van der Waals surface area contributed by atoms with Crippen LogP contribution in [-0.4, -0.2) is 11.6 Å². The molecule has 0 aromatic carbocycles. The highest BCUT2D eigenvalue weighted by Crippen LogP contribution is 2.15. The number of rotatable bonds is 3. The third-order valence-electron chi connectivity index (χ3n) is 1.24. The molecule has 3 N–H and O–H groups in total. The van der Waals surface area contributed by atoms with E-state index in [0.29, 0.717) is 0 Å². The summed E-state index contributed by atoms with van der Waals surface area (Å²) in [5.41, 5.74) is 4.79. The Labute approximate surface area is 62.1 Å². The molecule has 0 aliphatic carbocycles. The van der Waals surface area contributed by atoms with E-state index >= 15 is 0 Å². The smallest absolute Gasteiger partial charge is 0.279 e. The lowest BCUT2D eigenvalue weighted by Gasteiger charge is -2.24. The third-order valence-corrected chi connectivity index (χ3v) is 1.24. The van der Waals surface area contributed by atoms with Crippen LogP contribution in [0.15, 0.2) is 0 Å². The molecule has 0 aromatic heterocycles. The SMILES string of the molecule is CCCC(C)(C)OC(=N)N. The standard InChI is InChI=1S/C7H16N2O/c1-4-5-7(2,3)10-6(8)9/h4-5H2,1-3H3,(H3,8,9). The molecule has 0 saturated carbocycles. The number of ether oxygens (including phenoxy) is 1. The molecule has 0 aliphatic heterocycles. The van der Waals surface area contributed by atoms with Crippen LogP contribution in [0.1, 0.15) is 33.6 Å². The minimum absolute atomic E-state index is 0.196. The summed E-state index contributed by atoms with van der Waals surface area (Å²) in [5, 5.41) is 6.88. The second-order valence-corrected chi connectivity index (χ2v) is 2.98. The van der Waals surface area contributed by atoms with Crippen molar-refractivity contribution in [1.82, 2.24) is 0 Å². The Bertz CT molecular complexity index is 121. The highest BCUT2D eigenvalue weighted by atomic mass is 16.5. The van der Waals surface area contributed by atoms with E-state index in [4.69, 9.17) is 15.9 Å². The van der Waals surface area contributed by atoms with Crippen LogP contribution in [0.25, 0.3) is 0 Å². The van der Waals surface area contributed by atoms with E-state index in [-0.39, 0.29) is 11.6 Å². The zero-order valence-corrected chi connectivity index (χ0v) is 6.90. The van der Waals surface area contributed by atoms with Gasteiger partial charge in [-0.05, 0) is 20.3 Å². The van der Waals surface area contributed by atoms with Crippen LogP contribution in [-0.2, 0) is 4.74 Å². The van der Waals surface area contributed by atoms with Gasteiger partial charge in [-0.25, -0.2) is 0 Å². The van der Waals surface area contributed by atoms with E-state index in [9.17, 15) is 0 Å². The van der Waals surface area contributed by atoms with Gasteiger partial charge in [0, 0.05) is 0 Å². The highest BCUT2D eigenvalue weighted by Gasteiger charge is 2.18. The van der Waals surface area contributed by atoms with Crippen molar-refractivity contribution in [3.63, 3.8) is 0 Å². The van der Waals surface area contributed by atoms with Gasteiger partial charge in [0.1, 0.15) is 5.60 Å². The predicted molar refractivity (Wildman–Crippen MR) is 42.0 cm³/mol. The molecule has 0 unspecified atom stereocenters. The summed E-state index contributed by atoms with van der Waals surface area (Å²) in [5.74, 6) is 0. The zero-order valence-electron chi connectivity index (χ0n) is 6.90. The number of hydrogen-bond acceptors (Lipinski definition) is 2. The first-order valence-corrected chi connectivity index (χ1v) is 3.51. The number of nitrogens with two attached hydrogens (primary N) is 1. The Kier molecular flexibility index (Phi) is 3.19. The lowest BCUT2D eigenvalue weighted by atomic mass is 10.0. The van der Waals surface area contributed by atoms with Crippen LogP contribution in [0.2, 0.25) is 0 Å². The van der Waals surface area contributed by atoms with Gasteiger partial charge in [0.05, 0.1) is 0 Å². The molecule has 0 atom stereocenters. The fraction of sp³-hybridized carbons (Fsp3) is 0.857. The van der Waals surface area contributed by atoms with Crippen molar-refractivity contribution in [3.8, 4) is 0 Å². The molecule has 0 bridgehead atoms. The van der Waals surface area contributed by atoms with Crippen LogP contribution in [0, 0.1) is 5.41 Å². The summed E-state index contributed by atoms with van der Waals surface area (Å²) in [6, 6.07) is -0.196. The van der Waals surface area contributed by atoms with Crippen molar-refractivity contribution in [3.05, 3.63) is 0 Å². The van der Waals surface area contributed by atoms with Crippen molar-refractivity contribution in [1.29, 1.82) is 5.41 Å². The largest absolute Gasteiger partial charge is 0.460 e. The first-order chi connectivity index (χ1) is 4.48. The third kappa shape index (κ3) is 4.18. The molecule has 0 aliphatic rings. The Balaban J connectivity index is 3.74. The van der Waals surface area contributed by atoms with E-state index < -0.39 is 0 Å². The molecule has 3 heteroatoms. The number of amidine groups is 1. The molecule has 0 spiro atoms. The molecular formula is C7H16N2O. The minimum Gasteiger partial charge on any atom is -0.460 e. The Morgan fingerprint density at radius 2 is 2.10 bits per heavy atom. The van der Waals surface area contributed by atoms with Crippen molar-refractivity contribution in [2.45, 2.75) is 39.2 Å². The summed E-state index contributed by atoms with van der Waals surface area (Å²) in [7, 11) is 0. The number of nitrogens with one attached hydrogen (secondary N) is 1. The predicted octanol–water partition coefficient (Wildman–Crippen LogP) is 1.48. The van der Waals surface area contributed by atoms with Crippen molar-refractivity contribution in [2.24, 2.45) is 5.73 Å². The van der Waals surface area contributed by atoms with Gasteiger partial charge < -0.3 is 10.5 Å². The van der Waals surface area contributed by atoms with Gasteiger partial charge in [-0.2, -0.15) is 0 Å². The van der Waals surface area contributed by atoms with Crippen LogP contribution >= 0.6 is 0 Å². The van der Waals surface area contributed by atoms with Crippen LogP contribution < -0.4 is 5.73 Å². The molecule has 0 aromatic rings. The lowest BCUT2D eigenvalue weighted by Crippen LogP contribution is -2.31. The van der Waals surface area contributed by atoms with Gasteiger partial charge in [0.2, 0.25) is 0 Å². The fourth-order valence-electron chi connectivity index (χ4n) is 0.951. The monoisotopic (exact) mass is 144 g/mol. The van der Waals surface area contributed by atoms with Gasteiger partial charge in [0.15, 0.2) is 0 Å². The van der Waals surface area contributed by atoms with Crippen LogP contribution in [0.3, 0.4) is 0 Å². The Hall–Kier alpha value is -0.730. The van der Waals surface area contributed by atoms with Crippen molar-refractivity contribution >= 4 is 6.02 Å². The van der Waals surface area contributed by atoms with Crippen molar-refractivity contribution < 1.29 is 4.74 Å². The van der Waals surface area contributed by atoms with Crippen molar-refractivity contribution in [2.75, 3.05) is 0 Å². The summed E-state index contributed by atoms with van der Waals surface area (Å²) in [6.45, 7) is 5.93. The zero-order chi connectivity index (χ0) is 8.20. The van der Waals surface area contributed by atoms with Crippen LogP contribution in [0.4, 0.5) is 0 Å². The quantitative estimate of drug-likeness (QED) is 0.465. The Morgan fingerprint density at radius 3 is 2.40 bits per heavy atom. The Morgan fingerprint density at radius 1 is 1.60 bits per heavy atom. The molecule has 0 radical (unpaired) electrons. The first kappa shape index (κ1) is 9.27. The molecule has 3 nitrogen and oxygen atoms in total. The summed E-state index contributed by atoms with van der Waals surface area (Å²) >= 11 is 0. The van der Waals surface area contributed by atoms with E-state index in [1.807, 2.05) is 13.8 Å². The summed E-state index contributed by atoms with van der Waals surface area (Å²) in [4.78, 5) is 0. The van der Waals surface area contributed by atoms with E-state index in [1.165, 1.54) is 0 Å². The van der Waals surface area contributed by atoms with E-state index in [1.54, 1.807) is 0 Å². The summed E-state index contributed by atoms with van der Waals surface area (Å²) < 4.78 is 5.04. The minimum atomic E-state index is -0.277. The van der Waals surface area contributed by atoms with E-state index in [2.05, 4.69) is 6.92 Å². The second-order valence-electron chi connectivity index (χ2n) is 2.98. The summed E-state index contributed by atoms with van der Waals surface area (Å²) in [6.07, 6.45) is 1.97. The highest BCUT2D eigenvalue weighted by molar-refractivity contribution is 5.67. The normalized spacial score (nSPS) is 11.1. The van der Waals surface area contributed by atoms with Gasteiger partial charge in [-0.3, -0.25) is 5.41 Å². The maximum Gasteiger partial charge on any atom is 0.279 e. The van der Waals surface area contributed by atoms with Gasteiger partial charge >= 0.3 is 0 Å². The molecule has 10 heavy (non-hydrogen) atoms. The maximum atomic E-state index is 6.88. The second kappa shape index (κ2) is 3.44. The molecule has 0 fully saturated rings. The molecule has 0 rings (SSSR count). The molecular weight excluding hydrogens is 128 g/mol. The molecule has 60 valence electrons. The van der Waals surface area contributed by atoms with Gasteiger partial charge in [-0.15, -0.1) is 0 Å².